The Kier molecular flexibility index (Phi) is 8.31. The molecular formula is C21H34N4O5S2. The zero-order valence-corrected chi connectivity index (χ0v) is 20.3. The minimum atomic E-state index is -3.55. The van der Waals surface area contributed by atoms with Crippen molar-refractivity contribution in [2.24, 2.45) is 5.92 Å². The molecule has 32 heavy (non-hydrogen) atoms. The first-order chi connectivity index (χ1) is 15.2. The van der Waals surface area contributed by atoms with Crippen molar-refractivity contribution in [1.29, 1.82) is 0 Å². The molecule has 2 aliphatic rings. The second kappa shape index (κ2) is 10.6. The van der Waals surface area contributed by atoms with E-state index in [4.69, 9.17) is 0 Å². The topological polar surface area (TPSA) is 125 Å². The summed E-state index contributed by atoms with van der Waals surface area (Å²) in [5, 5.41) is 5.82. The van der Waals surface area contributed by atoms with Crippen molar-refractivity contribution < 1.29 is 21.6 Å². The van der Waals surface area contributed by atoms with Crippen molar-refractivity contribution in [2.75, 3.05) is 26.2 Å². The number of carbonyl (C=O) groups excluding carboxylic acids is 1. The number of nitrogens with zero attached hydrogens (tertiary/aromatic N) is 1. The number of amides is 1. The van der Waals surface area contributed by atoms with Crippen LogP contribution in [-0.2, 0) is 20.0 Å². The van der Waals surface area contributed by atoms with Gasteiger partial charge in [0.25, 0.3) is 5.91 Å². The smallest absolute Gasteiger partial charge is 0.251 e. The van der Waals surface area contributed by atoms with Gasteiger partial charge in [-0.1, -0.05) is 26.7 Å². The van der Waals surface area contributed by atoms with Gasteiger partial charge in [0.15, 0.2) is 0 Å². The van der Waals surface area contributed by atoms with Crippen molar-refractivity contribution in [3.63, 3.8) is 0 Å². The van der Waals surface area contributed by atoms with Crippen LogP contribution < -0.4 is 15.4 Å². The Morgan fingerprint density at radius 1 is 1.09 bits per heavy atom. The van der Waals surface area contributed by atoms with Crippen molar-refractivity contribution in [3.05, 3.63) is 29.8 Å². The normalized spacial score (nSPS) is 24.9. The van der Waals surface area contributed by atoms with Gasteiger partial charge >= 0.3 is 0 Å². The predicted molar refractivity (Wildman–Crippen MR) is 123 cm³/mol. The molecule has 0 radical (unpaired) electrons. The van der Waals surface area contributed by atoms with Gasteiger partial charge in [-0.05, 0) is 50.1 Å². The van der Waals surface area contributed by atoms with E-state index in [1.807, 2.05) is 0 Å². The number of nitrogens with one attached hydrogen (secondary N) is 3. The molecule has 3 atom stereocenters. The van der Waals surface area contributed by atoms with Crippen LogP contribution in [0.2, 0.25) is 0 Å². The fraction of sp³-hybridized carbons (Fsp3) is 0.667. The van der Waals surface area contributed by atoms with Crippen molar-refractivity contribution in [3.8, 4) is 0 Å². The fourth-order valence-corrected chi connectivity index (χ4v) is 8.05. The third-order valence-electron chi connectivity index (χ3n) is 6.33. The Bertz CT molecular complexity index is 992. The highest BCUT2D eigenvalue weighted by Crippen LogP contribution is 2.35. The average Bonchev–Trinajstić information content (AvgIpc) is 3.04. The van der Waals surface area contributed by atoms with Crippen LogP contribution in [0.4, 0.5) is 0 Å². The standard InChI is InChI=1S/C21H34N4O5S2/c1-3-25(4-2)32(29,30)17-12-10-16(11-13-17)21(26)23-15-7-14-22-20-18-8-5-6-9-19(18)31(27,28)24-20/h10-13,18-20,22,24H,3-9,14-15H2,1-2H3,(H,23,26). The summed E-state index contributed by atoms with van der Waals surface area (Å²) in [6.45, 7) is 5.36. The number of sulfonamides is 2. The summed E-state index contributed by atoms with van der Waals surface area (Å²) in [6, 6.07) is 5.94. The van der Waals surface area contributed by atoms with E-state index in [2.05, 4.69) is 15.4 Å². The Morgan fingerprint density at radius 3 is 2.41 bits per heavy atom. The summed E-state index contributed by atoms with van der Waals surface area (Å²) in [5.74, 6) is -0.167. The van der Waals surface area contributed by atoms with E-state index in [0.717, 1.165) is 25.7 Å². The molecule has 0 bridgehead atoms. The Morgan fingerprint density at radius 2 is 1.75 bits per heavy atom. The molecule has 0 spiro atoms. The highest BCUT2D eigenvalue weighted by atomic mass is 32.2. The molecular weight excluding hydrogens is 452 g/mol. The molecule has 1 amide bonds. The zero-order chi connectivity index (χ0) is 23.4. The van der Waals surface area contributed by atoms with E-state index in [9.17, 15) is 21.6 Å². The maximum absolute atomic E-state index is 12.5. The van der Waals surface area contributed by atoms with E-state index in [-0.39, 0.29) is 28.1 Å². The number of benzene rings is 1. The van der Waals surface area contributed by atoms with Gasteiger partial charge in [-0.15, -0.1) is 0 Å². The van der Waals surface area contributed by atoms with E-state index >= 15 is 0 Å². The van der Waals surface area contributed by atoms with Gasteiger partial charge < -0.3 is 10.6 Å². The summed E-state index contributed by atoms with van der Waals surface area (Å²) >= 11 is 0. The van der Waals surface area contributed by atoms with Crippen LogP contribution in [-0.4, -0.2) is 64.6 Å². The molecule has 11 heteroatoms. The Labute approximate surface area is 191 Å². The van der Waals surface area contributed by atoms with Gasteiger partial charge in [0, 0.05) is 31.1 Å². The summed E-state index contributed by atoms with van der Waals surface area (Å²) in [7, 11) is -6.79. The molecule has 1 aromatic carbocycles. The van der Waals surface area contributed by atoms with Crippen LogP contribution in [0.3, 0.4) is 0 Å². The number of fused-ring (bicyclic) bond motifs is 1. The second-order valence-corrected chi connectivity index (χ2v) is 12.2. The quantitative estimate of drug-likeness (QED) is 0.428. The number of rotatable bonds is 10. The molecule has 1 aromatic rings. The minimum Gasteiger partial charge on any atom is -0.352 e. The first-order valence-corrected chi connectivity index (χ1v) is 14.3. The van der Waals surface area contributed by atoms with E-state index in [1.165, 1.54) is 28.6 Å². The lowest BCUT2D eigenvalue weighted by Crippen LogP contribution is -2.44. The van der Waals surface area contributed by atoms with Gasteiger partial charge in [0.05, 0.1) is 16.3 Å². The van der Waals surface area contributed by atoms with Gasteiger partial charge in [-0.2, -0.15) is 9.03 Å². The minimum absolute atomic E-state index is 0.106. The summed E-state index contributed by atoms with van der Waals surface area (Å²) < 4.78 is 53.7. The molecule has 1 saturated heterocycles. The SMILES string of the molecule is CCN(CC)S(=O)(=O)c1ccc(C(=O)NCCCNC2NS(=O)(=O)C3CCCCC23)cc1. The molecule has 3 unspecified atom stereocenters. The second-order valence-electron chi connectivity index (χ2n) is 8.30. The summed E-state index contributed by atoms with van der Waals surface area (Å²) in [6.07, 6.45) is 4.07. The lowest BCUT2D eigenvalue weighted by Gasteiger charge is -2.26. The molecule has 9 nitrogen and oxygen atoms in total. The number of carbonyl (C=O) groups is 1. The highest BCUT2D eigenvalue weighted by Gasteiger charge is 2.47. The summed E-state index contributed by atoms with van der Waals surface area (Å²) in [4.78, 5) is 12.5. The maximum atomic E-state index is 12.5. The van der Waals surface area contributed by atoms with Crippen LogP contribution in [0.5, 0.6) is 0 Å². The first-order valence-electron chi connectivity index (χ1n) is 11.3. The average molecular weight is 487 g/mol. The third-order valence-corrected chi connectivity index (χ3v) is 10.4. The number of hydrogen-bond donors (Lipinski definition) is 3. The monoisotopic (exact) mass is 486 g/mol. The third kappa shape index (κ3) is 5.51. The molecule has 1 heterocycles. The maximum Gasteiger partial charge on any atom is 0.251 e. The van der Waals surface area contributed by atoms with Crippen molar-refractivity contribution in [1.82, 2.24) is 19.7 Å². The Hall–Kier alpha value is -1.53. The largest absolute Gasteiger partial charge is 0.352 e. The van der Waals surface area contributed by atoms with Gasteiger partial charge in [0.1, 0.15) is 0 Å². The lowest BCUT2D eigenvalue weighted by molar-refractivity contribution is 0.0953. The molecule has 0 aromatic heterocycles. The van der Waals surface area contributed by atoms with Crippen molar-refractivity contribution >= 4 is 26.0 Å². The zero-order valence-electron chi connectivity index (χ0n) is 18.7. The molecule has 3 N–H and O–H groups in total. The highest BCUT2D eigenvalue weighted by molar-refractivity contribution is 7.90. The molecule has 1 saturated carbocycles. The fourth-order valence-electron chi connectivity index (χ4n) is 4.58. The summed E-state index contributed by atoms with van der Waals surface area (Å²) in [5.41, 5.74) is 0.394. The van der Waals surface area contributed by atoms with Crippen LogP contribution in [0.25, 0.3) is 0 Å². The predicted octanol–water partition coefficient (Wildman–Crippen LogP) is 1.24. The van der Waals surface area contributed by atoms with E-state index in [0.29, 0.717) is 38.2 Å². The molecule has 1 aliphatic heterocycles. The number of hydrogen-bond acceptors (Lipinski definition) is 6. The van der Waals surface area contributed by atoms with E-state index in [1.54, 1.807) is 13.8 Å². The van der Waals surface area contributed by atoms with E-state index < -0.39 is 20.0 Å². The lowest BCUT2D eigenvalue weighted by atomic mass is 9.87. The van der Waals surface area contributed by atoms with Crippen molar-refractivity contribution in [2.45, 2.75) is 62.3 Å². The van der Waals surface area contributed by atoms with Crippen LogP contribution in [0.15, 0.2) is 29.2 Å². The van der Waals surface area contributed by atoms with Gasteiger partial charge in [-0.3, -0.25) is 4.79 Å². The van der Waals surface area contributed by atoms with Crippen LogP contribution >= 0.6 is 0 Å². The molecule has 1 aliphatic carbocycles. The van der Waals surface area contributed by atoms with Gasteiger partial charge in [0.2, 0.25) is 20.0 Å². The van der Waals surface area contributed by atoms with Crippen LogP contribution in [0, 0.1) is 5.92 Å². The first kappa shape index (κ1) is 25.1. The molecule has 180 valence electrons. The van der Waals surface area contributed by atoms with Crippen LogP contribution in [0.1, 0.15) is 56.3 Å². The van der Waals surface area contributed by atoms with Gasteiger partial charge in [-0.25, -0.2) is 16.8 Å². The Balaban J connectivity index is 1.44. The molecule has 3 rings (SSSR count). The molecule has 2 fully saturated rings.